The van der Waals surface area contributed by atoms with Crippen molar-refractivity contribution in [2.75, 3.05) is 17.8 Å². The van der Waals surface area contributed by atoms with E-state index in [-0.39, 0.29) is 23.6 Å². The third-order valence-electron chi connectivity index (χ3n) is 3.80. The van der Waals surface area contributed by atoms with E-state index in [0.29, 0.717) is 16.8 Å². The molecule has 0 aliphatic heterocycles. The van der Waals surface area contributed by atoms with Crippen molar-refractivity contribution in [3.05, 3.63) is 65.0 Å². The molecular formula is C19H18FN2O3S-. The highest BCUT2D eigenvalue weighted by atomic mass is 32.2. The first kappa shape index (κ1) is 19.6. The van der Waals surface area contributed by atoms with Crippen LogP contribution in [0.15, 0.2) is 42.5 Å². The van der Waals surface area contributed by atoms with Crippen molar-refractivity contribution in [2.24, 2.45) is 0 Å². The number of nitrogens with zero attached hydrogens (tertiary/aromatic N) is 1. The van der Waals surface area contributed by atoms with Crippen LogP contribution in [0.2, 0.25) is 0 Å². The van der Waals surface area contributed by atoms with E-state index in [1.807, 2.05) is 0 Å². The van der Waals surface area contributed by atoms with Crippen LogP contribution in [0.25, 0.3) is 0 Å². The average Bonchev–Trinajstić information content (AvgIpc) is 2.61. The minimum atomic E-state index is -2.26. The van der Waals surface area contributed by atoms with Crippen LogP contribution in [0, 0.1) is 18.2 Å². The number of amides is 1. The van der Waals surface area contributed by atoms with E-state index in [0.717, 1.165) is 5.56 Å². The summed E-state index contributed by atoms with van der Waals surface area (Å²) in [5, 5.41) is 2.82. The molecule has 1 amide bonds. The first-order valence-electron chi connectivity index (χ1n) is 7.75. The van der Waals surface area contributed by atoms with Crippen LogP contribution in [-0.4, -0.2) is 27.6 Å². The molecule has 0 aliphatic rings. The van der Waals surface area contributed by atoms with Crippen molar-refractivity contribution < 1.29 is 17.9 Å². The van der Waals surface area contributed by atoms with Gasteiger partial charge in [-0.25, -0.2) is 4.39 Å². The zero-order valence-corrected chi connectivity index (χ0v) is 15.2. The summed E-state index contributed by atoms with van der Waals surface area (Å²) in [5.74, 6) is 1.52. The Kier molecular flexibility index (Phi) is 6.50. The molecule has 0 fully saturated rings. The maximum absolute atomic E-state index is 13.0. The predicted molar refractivity (Wildman–Crippen MR) is 98.8 cm³/mol. The Labute approximate surface area is 154 Å². The minimum absolute atomic E-state index is 0.221. The van der Waals surface area contributed by atoms with Crippen LogP contribution in [0.1, 0.15) is 34.5 Å². The van der Waals surface area contributed by atoms with Gasteiger partial charge in [0.15, 0.2) is 0 Å². The number of benzene rings is 2. The molecule has 2 rings (SSSR count). The highest BCUT2D eigenvalue weighted by Crippen LogP contribution is 2.20. The number of nitrogens with one attached hydrogen (secondary N) is 1. The molecule has 5 nitrogen and oxygen atoms in total. The van der Waals surface area contributed by atoms with E-state index in [9.17, 15) is 17.9 Å². The first-order valence-corrected chi connectivity index (χ1v) is 8.99. The largest absolute Gasteiger partial charge is 0.771 e. The summed E-state index contributed by atoms with van der Waals surface area (Å²) >= 11 is -2.26. The van der Waals surface area contributed by atoms with Gasteiger partial charge in [0.2, 0.25) is 0 Å². The SMILES string of the molecule is C#Cc1cc(C(=O)N[C@H](C)c2ccc(F)cc2)cc(N(C)CS(=O)[O-])c1. The van der Waals surface area contributed by atoms with Gasteiger partial charge in [-0.1, -0.05) is 18.1 Å². The molecular weight excluding hydrogens is 355 g/mol. The third kappa shape index (κ3) is 5.15. The summed E-state index contributed by atoms with van der Waals surface area (Å²) in [6.07, 6.45) is 5.44. The van der Waals surface area contributed by atoms with Crippen molar-refractivity contribution in [3.63, 3.8) is 0 Å². The van der Waals surface area contributed by atoms with Gasteiger partial charge in [0.05, 0.1) is 11.9 Å². The topological polar surface area (TPSA) is 72.5 Å². The van der Waals surface area contributed by atoms with Gasteiger partial charge < -0.3 is 14.8 Å². The van der Waals surface area contributed by atoms with E-state index in [1.165, 1.54) is 17.0 Å². The third-order valence-corrected chi connectivity index (χ3v) is 4.40. The number of terminal acetylenes is 1. The lowest BCUT2D eigenvalue weighted by Gasteiger charge is -2.22. The molecule has 26 heavy (non-hydrogen) atoms. The van der Waals surface area contributed by atoms with Gasteiger partial charge in [-0.05, 0) is 53.9 Å². The lowest BCUT2D eigenvalue weighted by Crippen LogP contribution is -2.27. The fraction of sp³-hybridized carbons (Fsp3) is 0.211. The molecule has 1 N–H and O–H groups in total. The number of halogens is 1. The molecule has 0 saturated heterocycles. The quantitative estimate of drug-likeness (QED) is 0.624. The lowest BCUT2D eigenvalue weighted by atomic mass is 10.1. The van der Waals surface area contributed by atoms with Gasteiger partial charge in [0.1, 0.15) is 5.82 Å². The minimum Gasteiger partial charge on any atom is -0.771 e. The van der Waals surface area contributed by atoms with E-state index in [2.05, 4.69) is 11.2 Å². The molecule has 2 atom stereocenters. The van der Waals surface area contributed by atoms with E-state index < -0.39 is 11.1 Å². The molecule has 0 radical (unpaired) electrons. The Balaban J connectivity index is 2.23. The van der Waals surface area contributed by atoms with Crippen molar-refractivity contribution >= 4 is 22.7 Å². The second-order valence-electron chi connectivity index (χ2n) is 5.79. The Bertz CT molecular complexity index is 862. The van der Waals surface area contributed by atoms with Crippen molar-refractivity contribution in [2.45, 2.75) is 13.0 Å². The fourth-order valence-electron chi connectivity index (χ4n) is 2.39. The molecule has 0 spiro atoms. The second kappa shape index (κ2) is 8.61. The molecule has 136 valence electrons. The standard InChI is InChI=1S/C19H19FN2O3S/c1-4-14-9-16(11-18(10-14)22(3)12-26(24)25)19(23)21-13(2)15-5-7-17(20)8-6-15/h1,5-11,13H,12H2,2-3H3,(H,21,23)(H,24,25)/p-1/t13-/m1/s1. The summed E-state index contributed by atoms with van der Waals surface area (Å²) in [6, 6.07) is 10.3. The highest BCUT2D eigenvalue weighted by Gasteiger charge is 2.14. The maximum Gasteiger partial charge on any atom is 0.251 e. The van der Waals surface area contributed by atoms with Gasteiger partial charge in [-0.15, -0.1) is 6.42 Å². The van der Waals surface area contributed by atoms with Crippen LogP contribution in [-0.2, 0) is 11.1 Å². The maximum atomic E-state index is 13.0. The van der Waals surface area contributed by atoms with Crippen molar-refractivity contribution in [1.82, 2.24) is 5.32 Å². The Morgan fingerprint density at radius 3 is 2.58 bits per heavy atom. The van der Waals surface area contributed by atoms with Crippen molar-refractivity contribution in [1.29, 1.82) is 0 Å². The summed E-state index contributed by atoms with van der Waals surface area (Å²) in [4.78, 5) is 14.0. The number of hydrogen-bond acceptors (Lipinski definition) is 4. The average molecular weight is 373 g/mol. The lowest BCUT2D eigenvalue weighted by molar-refractivity contribution is 0.0940. The molecule has 0 aliphatic carbocycles. The monoisotopic (exact) mass is 373 g/mol. The molecule has 7 heteroatoms. The molecule has 2 aromatic rings. The fourth-order valence-corrected chi connectivity index (χ4v) is 2.86. The van der Waals surface area contributed by atoms with Crippen LogP contribution < -0.4 is 10.2 Å². The second-order valence-corrected chi connectivity index (χ2v) is 6.66. The smallest absolute Gasteiger partial charge is 0.251 e. The van der Waals surface area contributed by atoms with Gasteiger partial charge in [-0.2, -0.15) is 0 Å². The summed E-state index contributed by atoms with van der Waals surface area (Å²) in [6.45, 7) is 1.78. The van der Waals surface area contributed by atoms with Crippen molar-refractivity contribution in [3.8, 4) is 12.3 Å². The molecule has 0 aromatic heterocycles. The molecule has 0 saturated carbocycles. The van der Waals surface area contributed by atoms with E-state index >= 15 is 0 Å². The van der Waals surface area contributed by atoms with Gasteiger partial charge in [0.25, 0.3) is 5.91 Å². The van der Waals surface area contributed by atoms with Gasteiger partial charge in [-0.3, -0.25) is 9.00 Å². The Hall–Kier alpha value is -2.69. The molecule has 0 bridgehead atoms. The van der Waals surface area contributed by atoms with Gasteiger partial charge in [0, 0.05) is 23.9 Å². The van der Waals surface area contributed by atoms with Crippen LogP contribution in [0.3, 0.4) is 0 Å². The summed E-state index contributed by atoms with van der Waals surface area (Å²) in [7, 11) is 1.59. The highest BCUT2D eigenvalue weighted by molar-refractivity contribution is 7.79. The van der Waals surface area contributed by atoms with Crippen LogP contribution in [0.5, 0.6) is 0 Å². The first-order chi connectivity index (χ1) is 12.3. The number of hydrogen-bond donors (Lipinski definition) is 1. The molecule has 1 unspecified atom stereocenters. The molecule has 2 aromatic carbocycles. The Morgan fingerprint density at radius 2 is 2.00 bits per heavy atom. The number of carbonyl (C=O) groups excluding carboxylic acids is 1. The summed E-state index contributed by atoms with van der Waals surface area (Å²) < 4.78 is 34.8. The van der Waals surface area contributed by atoms with Gasteiger partial charge >= 0.3 is 0 Å². The number of anilines is 1. The predicted octanol–water partition coefficient (Wildman–Crippen LogP) is 2.57. The van der Waals surface area contributed by atoms with Crippen LogP contribution in [0.4, 0.5) is 10.1 Å². The number of carbonyl (C=O) groups is 1. The molecule has 0 heterocycles. The zero-order valence-electron chi connectivity index (χ0n) is 14.4. The van der Waals surface area contributed by atoms with E-state index in [1.54, 1.807) is 44.3 Å². The summed E-state index contributed by atoms with van der Waals surface area (Å²) in [5.41, 5.74) is 2.05. The Morgan fingerprint density at radius 1 is 1.35 bits per heavy atom. The number of rotatable bonds is 6. The van der Waals surface area contributed by atoms with E-state index in [4.69, 9.17) is 6.42 Å². The van der Waals surface area contributed by atoms with Crippen LogP contribution >= 0.6 is 0 Å². The zero-order chi connectivity index (χ0) is 19.3. The normalized spacial score (nSPS) is 12.7.